The Bertz CT molecular complexity index is 2460. The number of benzene rings is 7. The molecule has 330 valence electrons. The number of ether oxygens (including phenoxy) is 9. The third kappa shape index (κ3) is 11.5. The van der Waals surface area contributed by atoms with Gasteiger partial charge in [0.2, 0.25) is 12.0 Å². The predicted octanol–water partition coefficient (Wildman–Crippen LogP) is 10.6. The third-order valence-electron chi connectivity index (χ3n) is 11.1. The van der Waals surface area contributed by atoms with E-state index in [4.69, 9.17) is 42.6 Å². The van der Waals surface area contributed by atoms with E-state index in [0.29, 0.717) is 17.2 Å². The summed E-state index contributed by atoms with van der Waals surface area (Å²) in [5, 5.41) is 0. The number of rotatable bonds is 18. The van der Waals surface area contributed by atoms with Crippen LogP contribution in [0.25, 0.3) is 0 Å². The summed E-state index contributed by atoms with van der Waals surface area (Å²) in [5.74, 6) is 0.242. The van der Waals surface area contributed by atoms with Crippen LogP contribution in [-0.4, -0.2) is 43.3 Å². The van der Waals surface area contributed by atoms with Gasteiger partial charge in [-0.05, 0) is 39.9 Å². The molecule has 9 rings (SSSR count). The van der Waals surface area contributed by atoms with Crippen LogP contribution in [0.5, 0.6) is 17.2 Å². The van der Waals surface area contributed by atoms with Crippen molar-refractivity contribution in [3.8, 4) is 17.2 Å². The van der Waals surface area contributed by atoms with Crippen LogP contribution in [0.4, 0.5) is 0 Å². The molecule has 10 nitrogen and oxygen atoms in total. The molecule has 2 saturated heterocycles. The molecular formula is C55H50O10. The van der Waals surface area contributed by atoms with Crippen molar-refractivity contribution in [1.29, 1.82) is 0 Å². The van der Waals surface area contributed by atoms with Crippen LogP contribution in [0.3, 0.4) is 0 Å². The highest BCUT2D eigenvalue weighted by atomic mass is 16.8. The number of esters is 1. The molecule has 2 fully saturated rings. The van der Waals surface area contributed by atoms with Crippen molar-refractivity contribution >= 4 is 5.97 Å². The molecule has 0 spiro atoms. The Morgan fingerprint density at radius 2 is 0.892 bits per heavy atom. The molecule has 0 unspecified atom stereocenters. The Labute approximate surface area is 379 Å². The molecule has 2 aliphatic rings. The van der Waals surface area contributed by atoms with Crippen molar-refractivity contribution in [2.75, 3.05) is 6.61 Å². The van der Waals surface area contributed by atoms with Crippen LogP contribution >= 0.6 is 0 Å². The van der Waals surface area contributed by atoms with Gasteiger partial charge in [0.05, 0.1) is 25.4 Å². The number of carbonyl (C=O) groups is 1. The van der Waals surface area contributed by atoms with Gasteiger partial charge in [0, 0.05) is 5.56 Å². The van der Waals surface area contributed by atoms with E-state index >= 15 is 0 Å². The van der Waals surface area contributed by atoms with E-state index in [-0.39, 0.29) is 45.2 Å². The lowest BCUT2D eigenvalue weighted by molar-refractivity contribution is -0.364. The zero-order valence-electron chi connectivity index (χ0n) is 35.8. The predicted molar refractivity (Wildman–Crippen MR) is 243 cm³/mol. The fraction of sp³-hybridized carbons (Fsp3) is 0.218. The smallest absolute Gasteiger partial charge is 0.340 e. The molecule has 2 aliphatic heterocycles. The maximum atomic E-state index is 14.7. The molecule has 2 heterocycles. The van der Waals surface area contributed by atoms with E-state index in [2.05, 4.69) is 0 Å². The standard InChI is InChI=1S/C55H50O10/c56-53(45-31-46(57-33-39-19-7-1-8-20-39)49(59-35-41-23-11-3-12-24-41)47(32-45)58-34-40-21-9-2-10-22-40)65-55-52(61-37-43-27-15-5-16-28-43)51(60-36-42-25-13-4-14-26-42)50-48(63-55)38-62-54(64-50)44-29-17-6-18-30-44/h1-32,48,50-52,54-55H,33-38H2/t48-,50-,51+,52-,54-,55+/m1/s1. The number of carbonyl (C=O) groups excluding carboxylic acids is 1. The highest BCUT2D eigenvalue weighted by Crippen LogP contribution is 2.42. The molecule has 7 aromatic carbocycles. The second-order valence-corrected chi connectivity index (χ2v) is 15.8. The number of hydrogen-bond acceptors (Lipinski definition) is 10. The second-order valence-electron chi connectivity index (χ2n) is 15.8. The number of hydrogen-bond donors (Lipinski definition) is 0. The van der Waals surface area contributed by atoms with Crippen LogP contribution in [0.1, 0.15) is 50.0 Å². The molecule has 7 aromatic rings. The fourth-order valence-corrected chi connectivity index (χ4v) is 7.75. The molecule has 0 radical (unpaired) electrons. The molecule has 0 aliphatic carbocycles. The zero-order chi connectivity index (χ0) is 44.0. The van der Waals surface area contributed by atoms with Crippen molar-refractivity contribution in [3.63, 3.8) is 0 Å². The highest BCUT2D eigenvalue weighted by molar-refractivity contribution is 5.91. The minimum atomic E-state index is -1.25. The van der Waals surface area contributed by atoms with E-state index < -0.39 is 43.0 Å². The molecule has 65 heavy (non-hydrogen) atoms. The third-order valence-corrected chi connectivity index (χ3v) is 11.1. The largest absolute Gasteiger partial charge is 0.485 e. The van der Waals surface area contributed by atoms with Gasteiger partial charge in [0.25, 0.3) is 0 Å². The summed E-state index contributed by atoms with van der Waals surface area (Å²) in [7, 11) is 0. The first kappa shape index (κ1) is 43.5. The van der Waals surface area contributed by atoms with Gasteiger partial charge in [-0.2, -0.15) is 0 Å². The topological polar surface area (TPSA) is 100 Å². The number of fused-ring (bicyclic) bond motifs is 1. The SMILES string of the molecule is O=C(O[C@@H]1O[C@@H]2CO[C@@H](c3ccccc3)O[C@H]2[C@H](OCc2ccccc2)[C@H]1OCc1ccccc1)c1cc(OCc2ccccc2)c(OCc2ccccc2)c(OCc2ccccc2)c1. The van der Waals surface area contributed by atoms with Crippen LogP contribution in [0.2, 0.25) is 0 Å². The van der Waals surface area contributed by atoms with Crippen molar-refractivity contribution in [3.05, 3.63) is 233 Å². The van der Waals surface area contributed by atoms with Gasteiger partial charge in [-0.1, -0.05) is 182 Å². The van der Waals surface area contributed by atoms with Crippen molar-refractivity contribution < 1.29 is 47.4 Å². The molecule has 0 saturated carbocycles. The van der Waals surface area contributed by atoms with Gasteiger partial charge in [-0.25, -0.2) is 4.79 Å². The Balaban J connectivity index is 1.05. The Morgan fingerprint density at radius 3 is 1.37 bits per heavy atom. The van der Waals surface area contributed by atoms with Gasteiger partial charge >= 0.3 is 5.97 Å². The van der Waals surface area contributed by atoms with Gasteiger partial charge in [0.15, 0.2) is 17.8 Å². The van der Waals surface area contributed by atoms with Crippen LogP contribution in [0, 0.1) is 0 Å². The summed E-state index contributed by atoms with van der Waals surface area (Å²) in [6.07, 6.45) is -4.93. The lowest BCUT2D eigenvalue weighted by atomic mass is 9.97. The highest BCUT2D eigenvalue weighted by Gasteiger charge is 2.53. The summed E-state index contributed by atoms with van der Waals surface area (Å²) in [6.45, 7) is 1.22. The first-order valence-corrected chi connectivity index (χ1v) is 21.8. The van der Waals surface area contributed by atoms with Gasteiger partial charge in [-0.15, -0.1) is 0 Å². The average Bonchev–Trinajstić information content (AvgIpc) is 3.37. The Morgan fingerprint density at radius 1 is 0.477 bits per heavy atom. The molecule has 10 heteroatoms. The monoisotopic (exact) mass is 870 g/mol. The Kier molecular flexibility index (Phi) is 14.5. The lowest BCUT2D eigenvalue weighted by Crippen LogP contribution is -2.63. The summed E-state index contributed by atoms with van der Waals surface area (Å²) >= 11 is 0. The average molecular weight is 871 g/mol. The van der Waals surface area contributed by atoms with Gasteiger partial charge in [0.1, 0.15) is 44.2 Å². The van der Waals surface area contributed by atoms with E-state index in [1.807, 2.05) is 182 Å². The first-order valence-electron chi connectivity index (χ1n) is 21.8. The quantitative estimate of drug-likeness (QED) is 0.0775. The van der Waals surface area contributed by atoms with Gasteiger partial charge < -0.3 is 42.6 Å². The van der Waals surface area contributed by atoms with E-state index in [9.17, 15) is 4.79 Å². The van der Waals surface area contributed by atoms with E-state index in [1.54, 1.807) is 12.1 Å². The molecule has 0 amide bonds. The van der Waals surface area contributed by atoms with Gasteiger partial charge in [-0.3, -0.25) is 0 Å². The Hall–Kier alpha value is -6.79. The summed E-state index contributed by atoms with van der Waals surface area (Å²) in [5.41, 5.74) is 5.69. The van der Waals surface area contributed by atoms with Crippen molar-refractivity contribution in [2.45, 2.75) is 70.0 Å². The minimum Gasteiger partial charge on any atom is -0.485 e. The van der Waals surface area contributed by atoms with Crippen molar-refractivity contribution in [1.82, 2.24) is 0 Å². The van der Waals surface area contributed by atoms with Crippen molar-refractivity contribution in [2.24, 2.45) is 0 Å². The summed E-state index contributed by atoms with van der Waals surface area (Å²) in [4.78, 5) is 14.7. The molecular weight excluding hydrogens is 821 g/mol. The maximum Gasteiger partial charge on any atom is 0.340 e. The second kappa shape index (κ2) is 21.7. The maximum absolute atomic E-state index is 14.7. The molecule has 6 atom stereocenters. The lowest BCUT2D eigenvalue weighted by Gasteiger charge is -2.48. The molecule has 0 aromatic heterocycles. The van der Waals surface area contributed by atoms with E-state index in [1.165, 1.54) is 0 Å². The minimum absolute atomic E-state index is 0.150. The zero-order valence-corrected chi connectivity index (χ0v) is 35.8. The summed E-state index contributed by atoms with van der Waals surface area (Å²) in [6, 6.07) is 62.0. The molecule has 0 bridgehead atoms. The van der Waals surface area contributed by atoms with Crippen LogP contribution in [0.15, 0.2) is 194 Å². The first-order chi connectivity index (χ1) is 32.1. The fourth-order valence-electron chi connectivity index (χ4n) is 7.75. The van der Waals surface area contributed by atoms with Crippen LogP contribution in [-0.2, 0) is 61.5 Å². The normalized spacial score (nSPS) is 20.2. The van der Waals surface area contributed by atoms with Crippen LogP contribution < -0.4 is 14.2 Å². The van der Waals surface area contributed by atoms with E-state index in [0.717, 1.165) is 33.4 Å². The molecule has 0 N–H and O–H groups in total. The summed E-state index contributed by atoms with van der Waals surface area (Å²) < 4.78 is 58.9.